The minimum Gasteiger partial charge on any atom is -0.497 e. The van der Waals surface area contributed by atoms with Crippen LogP contribution in [0.4, 0.5) is 5.69 Å². The van der Waals surface area contributed by atoms with Gasteiger partial charge in [-0.1, -0.05) is 38.1 Å². The minimum absolute atomic E-state index is 0. The van der Waals surface area contributed by atoms with Crippen molar-refractivity contribution in [2.24, 2.45) is 10.9 Å². The van der Waals surface area contributed by atoms with Gasteiger partial charge in [0, 0.05) is 31.7 Å². The monoisotopic (exact) mass is 510 g/mol. The van der Waals surface area contributed by atoms with Gasteiger partial charge in [0.15, 0.2) is 5.96 Å². The summed E-state index contributed by atoms with van der Waals surface area (Å²) >= 11 is 0. The Balaban J connectivity index is 0.00000420. The number of nitrogens with one attached hydrogen (secondary N) is 3. The number of anilines is 1. The summed E-state index contributed by atoms with van der Waals surface area (Å²) in [6.45, 7) is 5.21. The minimum atomic E-state index is 0. The second-order valence-corrected chi connectivity index (χ2v) is 6.63. The molecule has 6 nitrogen and oxygen atoms in total. The van der Waals surface area contributed by atoms with Crippen LogP contribution in [0.25, 0.3) is 0 Å². The Kier molecular flexibility index (Phi) is 11.1. The predicted molar refractivity (Wildman–Crippen MR) is 130 cm³/mol. The summed E-state index contributed by atoms with van der Waals surface area (Å²) in [6, 6.07) is 15.7. The van der Waals surface area contributed by atoms with Gasteiger partial charge in [-0.2, -0.15) is 0 Å². The molecule has 158 valence electrons. The van der Waals surface area contributed by atoms with Crippen molar-refractivity contribution in [1.29, 1.82) is 0 Å². The van der Waals surface area contributed by atoms with Crippen molar-refractivity contribution in [2.75, 3.05) is 19.5 Å². The molecule has 0 fully saturated rings. The molecule has 0 radical (unpaired) electrons. The van der Waals surface area contributed by atoms with Gasteiger partial charge < -0.3 is 20.7 Å². The Hall–Kier alpha value is -2.29. The molecule has 3 N–H and O–H groups in total. The number of rotatable bonds is 8. The lowest BCUT2D eigenvalue weighted by atomic mass is 10.1. The highest BCUT2D eigenvalue weighted by Gasteiger charge is 2.10. The zero-order valence-electron chi connectivity index (χ0n) is 17.5. The summed E-state index contributed by atoms with van der Waals surface area (Å²) in [5.41, 5.74) is 3.01. The summed E-state index contributed by atoms with van der Waals surface area (Å²) in [7, 11) is 3.40. The van der Waals surface area contributed by atoms with E-state index in [0.29, 0.717) is 19.0 Å². The van der Waals surface area contributed by atoms with Crippen molar-refractivity contribution < 1.29 is 9.53 Å². The second kappa shape index (κ2) is 13.0. The molecular weight excluding hydrogens is 479 g/mol. The molecule has 1 unspecified atom stereocenters. The largest absolute Gasteiger partial charge is 0.497 e. The Morgan fingerprint density at radius 3 is 2.31 bits per heavy atom. The number of carbonyl (C=O) groups is 1. The number of carbonyl (C=O) groups excluding carboxylic acids is 1. The van der Waals surface area contributed by atoms with Crippen LogP contribution in [0.2, 0.25) is 0 Å². The van der Waals surface area contributed by atoms with Crippen molar-refractivity contribution in [2.45, 2.75) is 33.4 Å². The smallest absolute Gasteiger partial charge is 0.227 e. The van der Waals surface area contributed by atoms with E-state index in [9.17, 15) is 4.79 Å². The van der Waals surface area contributed by atoms with Crippen molar-refractivity contribution in [3.63, 3.8) is 0 Å². The summed E-state index contributed by atoms with van der Waals surface area (Å²) in [4.78, 5) is 16.3. The fraction of sp³-hybridized carbons (Fsp3) is 0.364. The fourth-order valence-corrected chi connectivity index (χ4v) is 2.55. The highest BCUT2D eigenvalue weighted by molar-refractivity contribution is 14.0. The maximum Gasteiger partial charge on any atom is 0.227 e. The van der Waals surface area contributed by atoms with Gasteiger partial charge >= 0.3 is 0 Å². The second-order valence-electron chi connectivity index (χ2n) is 6.63. The van der Waals surface area contributed by atoms with Gasteiger partial charge in [0.1, 0.15) is 5.75 Å². The molecule has 2 aromatic rings. The van der Waals surface area contributed by atoms with Gasteiger partial charge in [0.05, 0.1) is 7.11 Å². The molecule has 29 heavy (non-hydrogen) atoms. The van der Waals surface area contributed by atoms with Gasteiger partial charge in [-0.15, -0.1) is 24.0 Å². The topological polar surface area (TPSA) is 74.8 Å². The van der Waals surface area contributed by atoms with E-state index in [1.165, 1.54) is 0 Å². The van der Waals surface area contributed by atoms with Crippen LogP contribution >= 0.6 is 24.0 Å². The first kappa shape index (κ1) is 24.7. The number of halogens is 1. The lowest BCUT2D eigenvalue weighted by molar-refractivity contribution is -0.119. The Morgan fingerprint density at radius 2 is 1.72 bits per heavy atom. The molecule has 0 aliphatic rings. The van der Waals surface area contributed by atoms with Crippen LogP contribution in [0.15, 0.2) is 53.5 Å². The molecule has 2 rings (SSSR count). The average molecular weight is 510 g/mol. The Morgan fingerprint density at radius 1 is 1.07 bits per heavy atom. The van der Waals surface area contributed by atoms with Crippen molar-refractivity contribution in [3.8, 4) is 5.75 Å². The van der Waals surface area contributed by atoms with Gasteiger partial charge in [0.25, 0.3) is 0 Å². The summed E-state index contributed by atoms with van der Waals surface area (Å²) in [5.74, 6) is 1.60. The maximum atomic E-state index is 12.1. The van der Waals surface area contributed by atoms with Gasteiger partial charge in [-0.25, -0.2) is 0 Å². The van der Waals surface area contributed by atoms with Gasteiger partial charge in [0.2, 0.25) is 5.91 Å². The molecule has 0 aromatic heterocycles. The van der Waals surface area contributed by atoms with E-state index in [4.69, 9.17) is 4.74 Å². The molecule has 0 aliphatic carbocycles. The number of methoxy groups -OCH3 is 1. The van der Waals surface area contributed by atoms with Gasteiger partial charge in [-0.05, 0) is 41.8 Å². The Bertz CT molecular complexity index is 794. The van der Waals surface area contributed by atoms with Crippen LogP contribution in [-0.4, -0.2) is 26.0 Å². The number of nitrogens with zero attached hydrogens (tertiary/aromatic N) is 1. The number of ether oxygens (including phenoxy) is 1. The van der Waals surface area contributed by atoms with Crippen molar-refractivity contribution in [3.05, 3.63) is 59.7 Å². The number of guanidine groups is 1. The normalized spacial score (nSPS) is 11.8. The first-order valence-corrected chi connectivity index (χ1v) is 9.53. The third kappa shape index (κ3) is 8.31. The molecule has 1 atom stereocenters. The number of amides is 1. The van der Waals surface area contributed by atoms with E-state index in [2.05, 4.69) is 20.9 Å². The quantitative estimate of drug-likeness (QED) is 0.283. The third-order valence-electron chi connectivity index (χ3n) is 4.56. The summed E-state index contributed by atoms with van der Waals surface area (Å²) in [5, 5.41) is 9.55. The lowest BCUT2D eigenvalue weighted by Gasteiger charge is -2.14. The fourth-order valence-electron chi connectivity index (χ4n) is 2.55. The third-order valence-corrected chi connectivity index (χ3v) is 4.56. The molecule has 2 aromatic carbocycles. The van der Waals surface area contributed by atoms with E-state index in [-0.39, 0.29) is 35.8 Å². The van der Waals surface area contributed by atoms with Crippen LogP contribution in [0, 0.1) is 5.92 Å². The van der Waals surface area contributed by atoms with Crippen LogP contribution in [0.3, 0.4) is 0 Å². The first-order chi connectivity index (χ1) is 13.5. The number of benzene rings is 2. The average Bonchev–Trinajstić information content (AvgIpc) is 2.73. The molecule has 0 bridgehead atoms. The van der Waals surface area contributed by atoms with Crippen LogP contribution < -0.4 is 20.7 Å². The van der Waals surface area contributed by atoms with Crippen LogP contribution in [0.5, 0.6) is 5.75 Å². The molecule has 7 heteroatoms. The van der Waals surface area contributed by atoms with E-state index >= 15 is 0 Å². The molecule has 0 saturated heterocycles. The molecular formula is C22H31IN4O2. The van der Waals surface area contributed by atoms with E-state index in [1.807, 2.05) is 62.4 Å². The Labute approximate surface area is 190 Å². The zero-order valence-corrected chi connectivity index (χ0v) is 19.8. The highest BCUT2D eigenvalue weighted by atomic mass is 127. The molecule has 0 heterocycles. The number of hydrogen-bond acceptors (Lipinski definition) is 3. The van der Waals surface area contributed by atoms with E-state index in [0.717, 1.165) is 29.0 Å². The SMILES string of the molecule is CCC(C)C(=O)Nc1cccc(CNC(=NC)NCc2ccc(OC)cc2)c1.I. The molecule has 1 amide bonds. The van der Waals surface area contributed by atoms with Crippen LogP contribution in [-0.2, 0) is 17.9 Å². The van der Waals surface area contributed by atoms with E-state index < -0.39 is 0 Å². The lowest BCUT2D eigenvalue weighted by Crippen LogP contribution is -2.36. The van der Waals surface area contributed by atoms with Gasteiger partial charge in [-0.3, -0.25) is 9.79 Å². The van der Waals surface area contributed by atoms with Crippen molar-refractivity contribution >= 4 is 41.5 Å². The summed E-state index contributed by atoms with van der Waals surface area (Å²) < 4.78 is 5.17. The molecule has 0 spiro atoms. The standard InChI is InChI=1S/C22H30N4O2.HI/c1-5-16(2)21(27)26-19-8-6-7-18(13-19)15-25-22(23-3)24-14-17-9-11-20(28-4)12-10-17;/h6-13,16H,5,14-15H2,1-4H3,(H,26,27)(H2,23,24,25);1H. The first-order valence-electron chi connectivity index (χ1n) is 9.53. The highest BCUT2D eigenvalue weighted by Crippen LogP contribution is 2.13. The predicted octanol–water partition coefficient (Wildman–Crippen LogP) is 4.16. The van der Waals surface area contributed by atoms with Crippen LogP contribution in [0.1, 0.15) is 31.4 Å². The number of hydrogen-bond donors (Lipinski definition) is 3. The number of aliphatic imine (C=N–C) groups is 1. The molecule has 0 saturated carbocycles. The van der Waals surface area contributed by atoms with E-state index in [1.54, 1.807) is 14.2 Å². The maximum absolute atomic E-state index is 12.1. The zero-order chi connectivity index (χ0) is 20.4. The molecule has 0 aliphatic heterocycles. The summed E-state index contributed by atoms with van der Waals surface area (Å²) in [6.07, 6.45) is 0.823. The van der Waals surface area contributed by atoms with Crippen molar-refractivity contribution in [1.82, 2.24) is 10.6 Å².